The van der Waals surface area contributed by atoms with E-state index in [-0.39, 0.29) is 0 Å². The maximum Gasteiger partial charge on any atom is 0.276 e. The average molecular weight is 344 g/mol. The van der Waals surface area contributed by atoms with Gasteiger partial charge in [-0.2, -0.15) is 0 Å². The zero-order valence-electron chi connectivity index (χ0n) is 14.4. The van der Waals surface area contributed by atoms with Crippen LogP contribution in [0.25, 0.3) is 11.5 Å². The van der Waals surface area contributed by atoms with E-state index in [1.807, 2.05) is 0 Å². The Hall–Kier alpha value is -1.33. The minimum absolute atomic E-state index is 0.347. The Kier molecular flexibility index (Phi) is 4.39. The highest BCUT2D eigenvalue weighted by Gasteiger charge is 2.50. The third-order valence-electron chi connectivity index (χ3n) is 5.26. The summed E-state index contributed by atoms with van der Waals surface area (Å²) in [5.74, 6) is 1.64. The normalized spacial score (nSPS) is 22.5. The van der Waals surface area contributed by atoms with Crippen molar-refractivity contribution < 1.29 is 9.15 Å². The molecule has 2 fully saturated rings. The molecule has 1 saturated heterocycles. The van der Waals surface area contributed by atoms with Gasteiger partial charge < -0.3 is 9.15 Å². The van der Waals surface area contributed by atoms with Gasteiger partial charge in [0.25, 0.3) is 5.22 Å². The van der Waals surface area contributed by atoms with Crippen LogP contribution in [0.3, 0.4) is 0 Å². The molecule has 2 aliphatic rings. The number of aromatic nitrogens is 2. The van der Waals surface area contributed by atoms with Gasteiger partial charge >= 0.3 is 0 Å². The van der Waals surface area contributed by atoms with Crippen LogP contribution in [0, 0.1) is 19.3 Å². The van der Waals surface area contributed by atoms with Gasteiger partial charge in [-0.25, -0.2) is 0 Å². The molecule has 1 unspecified atom stereocenters. The first-order valence-corrected chi connectivity index (χ1v) is 9.80. The van der Waals surface area contributed by atoms with E-state index in [1.165, 1.54) is 43.2 Å². The predicted molar refractivity (Wildman–Crippen MR) is 95.2 cm³/mol. The molecule has 4 nitrogen and oxygen atoms in total. The van der Waals surface area contributed by atoms with E-state index >= 15 is 0 Å². The van der Waals surface area contributed by atoms with E-state index in [1.54, 1.807) is 11.8 Å². The summed E-state index contributed by atoms with van der Waals surface area (Å²) in [5.41, 5.74) is 3.79. The van der Waals surface area contributed by atoms with Crippen LogP contribution in [0.1, 0.15) is 43.2 Å². The second-order valence-corrected chi connectivity index (χ2v) is 8.12. The zero-order chi connectivity index (χ0) is 16.6. The van der Waals surface area contributed by atoms with E-state index in [0.29, 0.717) is 22.6 Å². The van der Waals surface area contributed by atoms with Crippen molar-refractivity contribution in [1.29, 1.82) is 0 Å². The molecule has 1 aromatic carbocycles. The maximum atomic E-state index is 6.02. The molecule has 0 spiro atoms. The summed E-state index contributed by atoms with van der Waals surface area (Å²) in [5, 5.41) is 9.15. The fraction of sp³-hybridized carbons (Fsp3) is 0.579. The van der Waals surface area contributed by atoms with E-state index in [0.717, 1.165) is 17.9 Å². The van der Waals surface area contributed by atoms with E-state index in [4.69, 9.17) is 9.15 Å². The zero-order valence-corrected chi connectivity index (χ0v) is 15.2. The van der Waals surface area contributed by atoms with Crippen LogP contribution in [-0.4, -0.2) is 28.7 Å². The fourth-order valence-corrected chi connectivity index (χ4v) is 4.70. The quantitative estimate of drug-likeness (QED) is 0.730. The van der Waals surface area contributed by atoms with E-state index in [2.05, 4.69) is 42.2 Å². The van der Waals surface area contributed by atoms with Crippen LogP contribution >= 0.6 is 11.8 Å². The fourth-order valence-electron chi connectivity index (χ4n) is 3.58. The Morgan fingerprint density at radius 3 is 2.79 bits per heavy atom. The molecule has 128 valence electrons. The van der Waals surface area contributed by atoms with Gasteiger partial charge in [0.1, 0.15) is 0 Å². The molecular formula is C19H24N2O2S. The molecule has 4 rings (SSSR count). The molecule has 1 aliphatic carbocycles. The summed E-state index contributed by atoms with van der Waals surface area (Å²) < 4.78 is 11.9. The van der Waals surface area contributed by atoms with Crippen LogP contribution in [0.5, 0.6) is 0 Å². The van der Waals surface area contributed by atoms with E-state index in [9.17, 15) is 0 Å². The van der Waals surface area contributed by atoms with Gasteiger partial charge in [-0.15, -0.1) is 10.2 Å². The summed E-state index contributed by atoms with van der Waals surface area (Å²) in [4.78, 5) is 0. The van der Waals surface area contributed by atoms with Crippen molar-refractivity contribution in [3.8, 4) is 11.5 Å². The molecule has 0 bridgehead atoms. The van der Waals surface area contributed by atoms with Crippen molar-refractivity contribution >= 4 is 11.8 Å². The minimum Gasteiger partial charge on any atom is -0.411 e. The Labute approximate surface area is 147 Å². The van der Waals surface area contributed by atoms with E-state index < -0.39 is 0 Å². The summed E-state index contributed by atoms with van der Waals surface area (Å²) in [6, 6.07) is 6.29. The number of benzene rings is 1. The highest BCUT2D eigenvalue weighted by Crippen LogP contribution is 2.54. The van der Waals surface area contributed by atoms with Crippen molar-refractivity contribution in [2.24, 2.45) is 5.41 Å². The monoisotopic (exact) mass is 344 g/mol. The second kappa shape index (κ2) is 6.52. The molecule has 0 N–H and O–H groups in total. The van der Waals surface area contributed by atoms with Gasteiger partial charge in [-0.3, -0.25) is 0 Å². The van der Waals surface area contributed by atoms with Gasteiger partial charge in [-0.05, 0) is 57.6 Å². The molecule has 2 aromatic rings. The Balaban J connectivity index is 1.42. The van der Waals surface area contributed by atoms with Crippen LogP contribution in [-0.2, 0) is 4.74 Å². The first kappa shape index (κ1) is 16.2. The Bertz CT molecular complexity index is 718. The summed E-state index contributed by atoms with van der Waals surface area (Å²) >= 11 is 1.69. The van der Waals surface area contributed by atoms with Gasteiger partial charge in [0, 0.05) is 23.3 Å². The SMILES string of the molecule is Cc1ccc(-c2nnc(SCC3(C4CCCCO4)CC3)o2)c(C)c1. The molecule has 24 heavy (non-hydrogen) atoms. The molecule has 0 radical (unpaired) electrons. The molecule has 5 heteroatoms. The van der Waals surface area contributed by atoms with Gasteiger partial charge in [-0.1, -0.05) is 29.5 Å². The molecule has 2 heterocycles. The second-order valence-electron chi connectivity index (χ2n) is 7.20. The lowest BCUT2D eigenvalue weighted by Gasteiger charge is -2.30. The van der Waals surface area contributed by atoms with Crippen molar-refractivity contribution in [2.75, 3.05) is 12.4 Å². The van der Waals surface area contributed by atoms with Gasteiger partial charge in [0.15, 0.2) is 0 Å². The summed E-state index contributed by atoms with van der Waals surface area (Å²) in [6.07, 6.45) is 6.68. The van der Waals surface area contributed by atoms with Crippen molar-refractivity contribution in [2.45, 2.75) is 57.3 Å². The largest absolute Gasteiger partial charge is 0.411 e. The Morgan fingerprint density at radius 2 is 2.08 bits per heavy atom. The summed E-state index contributed by atoms with van der Waals surface area (Å²) in [6.45, 7) is 5.10. The Morgan fingerprint density at radius 1 is 1.21 bits per heavy atom. The van der Waals surface area contributed by atoms with Crippen LogP contribution in [0.2, 0.25) is 0 Å². The van der Waals surface area contributed by atoms with Crippen LogP contribution in [0.4, 0.5) is 0 Å². The first-order valence-electron chi connectivity index (χ1n) is 8.82. The van der Waals surface area contributed by atoms with Gasteiger partial charge in [0.2, 0.25) is 5.89 Å². The number of hydrogen-bond acceptors (Lipinski definition) is 5. The molecule has 1 aromatic heterocycles. The number of rotatable bonds is 5. The maximum absolute atomic E-state index is 6.02. The minimum atomic E-state index is 0.347. The molecular weight excluding hydrogens is 320 g/mol. The first-order chi connectivity index (χ1) is 11.7. The number of aryl methyl sites for hydroxylation is 2. The lowest BCUT2D eigenvalue weighted by molar-refractivity contribution is -0.0236. The highest BCUT2D eigenvalue weighted by atomic mass is 32.2. The number of ether oxygens (including phenoxy) is 1. The molecule has 1 saturated carbocycles. The molecule has 1 atom stereocenters. The van der Waals surface area contributed by atoms with Crippen LogP contribution < -0.4 is 0 Å². The van der Waals surface area contributed by atoms with Gasteiger partial charge in [0.05, 0.1) is 6.10 Å². The topological polar surface area (TPSA) is 48.2 Å². The van der Waals surface area contributed by atoms with Crippen molar-refractivity contribution in [3.05, 3.63) is 29.3 Å². The smallest absolute Gasteiger partial charge is 0.276 e. The molecule has 1 aliphatic heterocycles. The van der Waals surface area contributed by atoms with Crippen molar-refractivity contribution in [3.63, 3.8) is 0 Å². The third kappa shape index (κ3) is 3.24. The highest BCUT2D eigenvalue weighted by molar-refractivity contribution is 7.99. The lowest BCUT2D eigenvalue weighted by atomic mass is 9.95. The average Bonchev–Trinajstić information content (AvgIpc) is 3.25. The molecule has 0 amide bonds. The number of nitrogens with zero attached hydrogens (tertiary/aromatic N) is 2. The van der Waals surface area contributed by atoms with Crippen LogP contribution in [0.15, 0.2) is 27.8 Å². The summed E-state index contributed by atoms with van der Waals surface area (Å²) in [7, 11) is 0. The van der Waals surface area contributed by atoms with Crippen molar-refractivity contribution in [1.82, 2.24) is 10.2 Å². The third-order valence-corrected chi connectivity index (χ3v) is 6.39. The lowest BCUT2D eigenvalue weighted by Crippen LogP contribution is -2.31. The predicted octanol–water partition coefficient (Wildman–Crippen LogP) is 4.79. The standard InChI is InChI=1S/C19H24N2O2S/c1-13-6-7-15(14(2)11-13)17-20-21-18(23-17)24-12-19(8-9-19)16-5-3-4-10-22-16/h6-7,11,16H,3-5,8-10,12H2,1-2H3. The number of hydrogen-bond donors (Lipinski definition) is 0. The number of thioether (sulfide) groups is 1.